The number of rotatable bonds is 11. The summed E-state index contributed by atoms with van der Waals surface area (Å²) in [5.41, 5.74) is 0. The number of aliphatic hydroxyl groups is 5. The minimum Gasteiger partial charge on any atom is -0.756 e. The van der Waals surface area contributed by atoms with Crippen molar-refractivity contribution in [1.29, 1.82) is 0 Å². The van der Waals surface area contributed by atoms with Gasteiger partial charge in [0.25, 0.3) is 7.82 Å². The molecule has 36 heavy (non-hydrogen) atoms. The number of phosphoric acid groups is 2. The highest BCUT2D eigenvalue weighted by molar-refractivity contribution is 7.47. The van der Waals surface area contributed by atoms with Crippen LogP contribution in [0.2, 0.25) is 0 Å². The van der Waals surface area contributed by atoms with Gasteiger partial charge >= 0.3 is 7.82 Å². The smallest absolute Gasteiger partial charge is 0.472 e. The van der Waals surface area contributed by atoms with Gasteiger partial charge < -0.3 is 58.6 Å². The van der Waals surface area contributed by atoms with Crippen LogP contribution in [0.5, 0.6) is 0 Å². The van der Waals surface area contributed by atoms with Crippen molar-refractivity contribution in [2.24, 2.45) is 0 Å². The molecule has 5 unspecified atom stereocenters. The standard InChI is InChI=1S/C15H25B3O16P2/c16-13-8(21)7(20)5(31-13)2-28-35(24,25)34-12-6(32-15(18)10(12)23)3-29-36(26,27)33-11-4(1-19)30-14(17)9(11)22/h4-15,19-23H,1-3H2,(H,24,25)(H,26,27)/p-1/t4-,5-,6-,7+,8?,9?,10?,11+,12+,13-,14-,15-/m1/s1. The van der Waals surface area contributed by atoms with Crippen LogP contribution in [0, 0.1) is 0 Å². The van der Waals surface area contributed by atoms with Crippen molar-refractivity contribution in [1.82, 2.24) is 0 Å². The van der Waals surface area contributed by atoms with E-state index in [1.165, 1.54) is 0 Å². The van der Waals surface area contributed by atoms with Gasteiger partial charge in [-0.3, -0.25) is 13.6 Å². The van der Waals surface area contributed by atoms with Gasteiger partial charge in [-0.1, -0.05) is 0 Å². The molecule has 3 heterocycles. The second-order valence-electron chi connectivity index (χ2n) is 8.21. The SMILES string of the molecule is [B][C@@H]1O[C@H](COP(=O)(O)O[C@@H]2C(O)[C@H]([B])O[C@@H]2COP(=O)([O-])O[C@@H]2C(O)[C@H]([B])O[C@@H]2CO)[C@H](O)C1O. The van der Waals surface area contributed by atoms with Gasteiger partial charge in [0.15, 0.2) is 0 Å². The predicted octanol–water partition coefficient (Wildman–Crippen LogP) is -5.53. The molecular weight excluding hydrogens is 531 g/mol. The highest BCUT2D eigenvalue weighted by Gasteiger charge is 2.48. The minimum atomic E-state index is -5.23. The molecule has 0 aromatic rings. The maximum absolute atomic E-state index is 12.4. The molecule has 3 saturated heterocycles. The van der Waals surface area contributed by atoms with Gasteiger partial charge in [0.2, 0.25) is 0 Å². The lowest BCUT2D eigenvalue weighted by Crippen LogP contribution is -2.39. The second kappa shape index (κ2) is 12.1. The van der Waals surface area contributed by atoms with E-state index in [0.717, 1.165) is 0 Å². The molecule has 200 valence electrons. The van der Waals surface area contributed by atoms with Crippen LogP contribution >= 0.6 is 15.6 Å². The zero-order chi connectivity index (χ0) is 27.0. The molecule has 0 saturated carbocycles. The summed E-state index contributed by atoms with van der Waals surface area (Å²) >= 11 is 0. The first kappa shape index (κ1) is 30.6. The number of hydrogen-bond donors (Lipinski definition) is 6. The van der Waals surface area contributed by atoms with E-state index in [1.54, 1.807) is 0 Å². The lowest BCUT2D eigenvalue weighted by atomic mass is 9.93. The molecule has 3 rings (SSSR count). The Morgan fingerprint density at radius 2 is 1.19 bits per heavy atom. The van der Waals surface area contributed by atoms with E-state index in [-0.39, 0.29) is 0 Å². The molecular formula is C15H24B3O16P2-. The van der Waals surface area contributed by atoms with Crippen molar-refractivity contribution < 1.29 is 76.8 Å². The van der Waals surface area contributed by atoms with Gasteiger partial charge in [0.05, 0.1) is 25.9 Å². The Labute approximate surface area is 209 Å². The lowest BCUT2D eigenvalue weighted by Gasteiger charge is -2.31. The Kier molecular flexibility index (Phi) is 10.3. The van der Waals surface area contributed by atoms with Crippen LogP contribution in [0.1, 0.15) is 0 Å². The van der Waals surface area contributed by atoms with E-state index in [4.69, 9.17) is 51.3 Å². The van der Waals surface area contributed by atoms with Crippen molar-refractivity contribution >= 4 is 39.2 Å². The van der Waals surface area contributed by atoms with E-state index in [1.807, 2.05) is 0 Å². The number of ether oxygens (including phenoxy) is 3. The molecule has 3 aliphatic heterocycles. The molecule has 6 radical (unpaired) electrons. The van der Waals surface area contributed by atoms with Crippen LogP contribution in [0.25, 0.3) is 0 Å². The lowest BCUT2D eigenvalue weighted by molar-refractivity contribution is -0.236. The van der Waals surface area contributed by atoms with Crippen LogP contribution in [0.15, 0.2) is 0 Å². The fraction of sp³-hybridized carbons (Fsp3) is 1.00. The Balaban J connectivity index is 1.57. The van der Waals surface area contributed by atoms with Crippen LogP contribution < -0.4 is 4.89 Å². The maximum Gasteiger partial charge on any atom is 0.472 e. The topological polar surface area (TPSA) is 243 Å². The van der Waals surface area contributed by atoms with Crippen LogP contribution in [0.4, 0.5) is 0 Å². The molecule has 3 aliphatic rings. The summed E-state index contributed by atoms with van der Waals surface area (Å²) in [5, 5.41) is 48.7. The molecule has 3 fully saturated rings. The van der Waals surface area contributed by atoms with Crippen molar-refractivity contribution in [3.8, 4) is 0 Å². The molecule has 0 bridgehead atoms. The van der Waals surface area contributed by atoms with Crippen LogP contribution in [-0.4, -0.2) is 147 Å². The minimum absolute atomic E-state index is 0.724. The van der Waals surface area contributed by atoms with E-state index < -0.39 is 108 Å². The average Bonchev–Trinajstić information content (AvgIpc) is 3.33. The summed E-state index contributed by atoms with van der Waals surface area (Å²) in [6.45, 7) is -2.40. The molecule has 14 atom stereocenters. The normalized spacial score (nSPS) is 46.5. The first-order chi connectivity index (χ1) is 16.7. The third-order valence-corrected chi connectivity index (χ3v) is 7.58. The maximum atomic E-state index is 12.4. The summed E-state index contributed by atoms with van der Waals surface area (Å²) in [6, 6.07) is -4.07. The zero-order valence-corrected chi connectivity index (χ0v) is 20.2. The zero-order valence-electron chi connectivity index (χ0n) is 18.4. The average molecular weight is 555 g/mol. The second-order valence-corrected chi connectivity index (χ2v) is 11.0. The highest BCUT2D eigenvalue weighted by atomic mass is 31.2. The van der Waals surface area contributed by atoms with Gasteiger partial charge in [-0.15, -0.1) is 0 Å². The summed E-state index contributed by atoms with van der Waals surface area (Å²) in [4.78, 5) is 22.3. The van der Waals surface area contributed by atoms with Crippen LogP contribution in [0.3, 0.4) is 0 Å². The predicted molar refractivity (Wildman–Crippen MR) is 113 cm³/mol. The first-order valence-electron chi connectivity index (χ1n) is 10.5. The van der Waals surface area contributed by atoms with Crippen molar-refractivity contribution in [2.45, 2.75) is 72.9 Å². The summed E-state index contributed by atoms with van der Waals surface area (Å²) in [7, 11) is 6.17. The molecule has 0 aliphatic carbocycles. The van der Waals surface area contributed by atoms with Crippen molar-refractivity contribution in [3.05, 3.63) is 0 Å². The first-order valence-corrected chi connectivity index (χ1v) is 13.5. The van der Waals surface area contributed by atoms with Gasteiger partial charge in [-0.2, -0.15) is 0 Å². The monoisotopic (exact) mass is 555 g/mol. The largest absolute Gasteiger partial charge is 0.756 e. The molecule has 16 nitrogen and oxygen atoms in total. The fourth-order valence-corrected chi connectivity index (χ4v) is 5.60. The molecule has 0 aromatic carbocycles. The van der Waals surface area contributed by atoms with Gasteiger partial charge in [0, 0.05) is 18.0 Å². The fourth-order valence-electron chi connectivity index (χ4n) is 3.69. The van der Waals surface area contributed by atoms with E-state index in [2.05, 4.69) is 4.52 Å². The Hall–Kier alpha value is 0.0948. The number of aliphatic hydroxyl groups excluding tert-OH is 5. The number of hydrogen-bond acceptors (Lipinski definition) is 15. The quantitative estimate of drug-likeness (QED) is 0.103. The van der Waals surface area contributed by atoms with E-state index in [9.17, 15) is 44.4 Å². The van der Waals surface area contributed by atoms with E-state index in [0.29, 0.717) is 0 Å². The van der Waals surface area contributed by atoms with Crippen molar-refractivity contribution in [3.63, 3.8) is 0 Å². The molecule has 21 heteroatoms. The number of phosphoric ester groups is 2. The van der Waals surface area contributed by atoms with Gasteiger partial charge in [-0.05, 0) is 0 Å². The Bertz CT molecular complexity index is 843. The molecule has 0 aromatic heterocycles. The third kappa shape index (κ3) is 7.18. The summed E-state index contributed by atoms with van der Waals surface area (Å²) < 4.78 is 58.7. The third-order valence-electron chi connectivity index (χ3n) is 5.63. The summed E-state index contributed by atoms with van der Waals surface area (Å²) in [5.74, 6) is 0. The van der Waals surface area contributed by atoms with Crippen molar-refractivity contribution in [2.75, 3.05) is 19.8 Å². The highest BCUT2D eigenvalue weighted by Crippen LogP contribution is 2.49. The molecule has 0 amide bonds. The van der Waals surface area contributed by atoms with Gasteiger partial charge in [-0.25, -0.2) is 4.57 Å². The Morgan fingerprint density at radius 3 is 1.72 bits per heavy atom. The van der Waals surface area contributed by atoms with E-state index >= 15 is 0 Å². The van der Waals surface area contributed by atoms with Crippen LogP contribution in [-0.2, 0) is 41.4 Å². The Morgan fingerprint density at radius 1 is 0.722 bits per heavy atom. The molecule has 0 spiro atoms. The molecule has 6 N–H and O–H groups in total. The van der Waals surface area contributed by atoms with Gasteiger partial charge in [0.1, 0.15) is 72.4 Å². The summed E-state index contributed by atoms with van der Waals surface area (Å²) in [6.07, 6.45) is -13.8.